The predicted octanol–water partition coefficient (Wildman–Crippen LogP) is 2.32. The van der Waals surface area contributed by atoms with Crippen LogP contribution >= 0.6 is 0 Å². The Morgan fingerprint density at radius 2 is 1.62 bits per heavy atom. The molecular formula is C18H20N2O3S. The smallest absolute Gasteiger partial charge is 0.243 e. The minimum absolute atomic E-state index is 0.338. The molecule has 0 spiro atoms. The maximum Gasteiger partial charge on any atom is 0.243 e. The van der Waals surface area contributed by atoms with Crippen LogP contribution in [0.15, 0.2) is 53.4 Å². The molecular weight excluding hydrogens is 324 g/mol. The molecule has 0 unspecified atom stereocenters. The van der Waals surface area contributed by atoms with Gasteiger partial charge in [0.15, 0.2) is 0 Å². The van der Waals surface area contributed by atoms with E-state index in [4.69, 9.17) is 0 Å². The number of hydrogen-bond acceptors (Lipinski definition) is 4. The Labute approximate surface area is 142 Å². The summed E-state index contributed by atoms with van der Waals surface area (Å²) in [6.45, 7) is 4.07. The second kappa shape index (κ2) is 6.75. The lowest BCUT2D eigenvalue weighted by molar-refractivity contribution is 0.112. The number of rotatable bonds is 4. The van der Waals surface area contributed by atoms with Gasteiger partial charge in [-0.2, -0.15) is 4.31 Å². The fraction of sp³-hybridized carbons (Fsp3) is 0.278. The number of nitrogens with zero attached hydrogens (tertiary/aromatic N) is 2. The number of hydrogen-bond donors (Lipinski definition) is 0. The van der Waals surface area contributed by atoms with Crippen LogP contribution in [0.3, 0.4) is 0 Å². The van der Waals surface area contributed by atoms with Crippen molar-refractivity contribution in [3.63, 3.8) is 0 Å². The van der Waals surface area contributed by atoms with Gasteiger partial charge in [0.05, 0.1) is 4.90 Å². The van der Waals surface area contributed by atoms with Crippen molar-refractivity contribution >= 4 is 22.0 Å². The molecule has 1 saturated heterocycles. The number of benzene rings is 2. The average Bonchev–Trinajstić information content (AvgIpc) is 2.62. The van der Waals surface area contributed by atoms with Gasteiger partial charge in [-0.3, -0.25) is 4.79 Å². The summed E-state index contributed by atoms with van der Waals surface area (Å²) in [5.74, 6) is 0. The van der Waals surface area contributed by atoms with Gasteiger partial charge in [-0.15, -0.1) is 0 Å². The van der Waals surface area contributed by atoms with E-state index in [0.29, 0.717) is 36.6 Å². The summed E-state index contributed by atoms with van der Waals surface area (Å²) in [6.07, 6.45) is 0.851. The molecule has 6 heteroatoms. The monoisotopic (exact) mass is 344 g/mol. The predicted molar refractivity (Wildman–Crippen MR) is 94.0 cm³/mol. The second-order valence-corrected chi connectivity index (χ2v) is 7.80. The molecule has 0 aliphatic carbocycles. The molecule has 24 heavy (non-hydrogen) atoms. The molecule has 0 saturated carbocycles. The number of carbonyl (C=O) groups excluding carboxylic acids is 1. The molecule has 0 aromatic heterocycles. The van der Waals surface area contributed by atoms with Crippen LogP contribution in [0.4, 0.5) is 5.69 Å². The molecule has 126 valence electrons. The van der Waals surface area contributed by atoms with Crippen molar-refractivity contribution in [3.8, 4) is 0 Å². The maximum absolute atomic E-state index is 12.6. The lowest BCUT2D eigenvalue weighted by atomic mass is 10.1. The molecule has 1 fully saturated rings. The van der Waals surface area contributed by atoms with E-state index in [0.717, 1.165) is 17.5 Å². The van der Waals surface area contributed by atoms with E-state index in [2.05, 4.69) is 4.90 Å². The van der Waals surface area contributed by atoms with Crippen LogP contribution in [0.25, 0.3) is 0 Å². The van der Waals surface area contributed by atoms with E-state index in [1.165, 1.54) is 4.31 Å². The maximum atomic E-state index is 12.6. The summed E-state index contributed by atoms with van der Waals surface area (Å²) in [6, 6.07) is 14.2. The van der Waals surface area contributed by atoms with Crippen LogP contribution in [-0.4, -0.2) is 45.2 Å². The van der Waals surface area contributed by atoms with Gasteiger partial charge in [0, 0.05) is 37.4 Å². The normalized spacial score (nSPS) is 16.1. The molecule has 3 rings (SSSR count). The largest absolute Gasteiger partial charge is 0.369 e. The minimum atomic E-state index is -3.43. The van der Waals surface area contributed by atoms with Crippen LogP contribution in [0, 0.1) is 6.92 Å². The number of piperazine rings is 1. The highest BCUT2D eigenvalue weighted by atomic mass is 32.2. The lowest BCUT2D eigenvalue weighted by Crippen LogP contribution is -2.48. The third kappa shape index (κ3) is 3.20. The quantitative estimate of drug-likeness (QED) is 0.799. The Morgan fingerprint density at radius 1 is 0.958 bits per heavy atom. The van der Waals surface area contributed by atoms with Crippen molar-refractivity contribution in [1.82, 2.24) is 4.31 Å². The zero-order valence-corrected chi connectivity index (χ0v) is 14.4. The van der Waals surface area contributed by atoms with Gasteiger partial charge in [0.2, 0.25) is 10.0 Å². The van der Waals surface area contributed by atoms with Gasteiger partial charge in [-0.1, -0.05) is 18.2 Å². The van der Waals surface area contributed by atoms with Crippen LogP contribution in [0.2, 0.25) is 0 Å². The van der Waals surface area contributed by atoms with Gasteiger partial charge in [0.25, 0.3) is 0 Å². The Bertz CT molecular complexity index is 827. The van der Waals surface area contributed by atoms with Crippen molar-refractivity contribution in [2.75, 3.05) is 31.1 Å². The van der Waals surface area contributed by atoms with Crippen molar-refractivity contribution in [2.45, 2.75) is 11.8 Å². The van der Waals surface area contributed by atoms with Gasteiger partial charge in [-0.05, 0) is 42.8 Å². The molecule has 2 aromatic rings. The van der Waals surface area contributed by atoms with Crippen LogP contribution in [0.5, 0.6) is 0 Å². The Kier molecular flexibility index (Phi) is 4.69. The third-order valence-electron chi connectivity index (χ3n) is 4.37. The van der Waals surface area contributed by atoms with Gasteiger partial charge in [-0.25, -0.2) is 8.42 Å². The van der Waals surface area contributed by atoms with Crippen LogP contribution in [0.1, 0.15) is 15.9 Å². The van der Waals surface area contributed by atoms with Crippen LogP contribution in [-0.2, 0) is 10.0 Å². The van der Waals surface area contributed by atoms with E-state index in [1.807, 2.05) is 31.2 Å². The molecule has 1 aliphatic heterocycles. The van der Waals surface area contributed by atoms with E-state index in [9.17, 15) is 13.2 Å². The average molecular weight is 344 g/mol. The molecule has 5 nitrogen and oxygen atoms in total. The molecule has 0 bridgehead atoms. The Morgan fingerprint density at radius 3 is 2.21 bits per heavy atom. The molecule has 0 N–H and O–H groups in total. The Hall–Kier alpha value is -2.18. The Balaban J connectivity index is 1.72. The van der Waals surface area contributed by atoms with Crippen molar-refractivity contribution in [3.05, 3.63) is 59.7 Å². The molecule has 1 heterocycles. The van der Waals surface area contributed by atoms with E-state index < -0.39 is 10.0 Å². The van der Waals surface area contributed by atoms with Crippen molar-refractivity contribution in [1.29, 1.82) is 0 Å². The number of sulfonamides is 1. The van der Waals surface area contributed by atoms with E-state index >= 15 is 0 Å². The lowest BCUT2D eigenvalue weighted by Gasteiger charge is -2.35. The van der Waals surface area contributed by atoms with E-state index in [-0.39, 0.29) is 0 Å². The summed E-state index contributed by atoms with van der Waals surface area (Å²) < 4.78 is 26.8. The summed E-state index contributed by atoms with van der Waals surface area (Å²) in [5.41, 5.74) is 2.64. The number of aldehydes is 1. The number of anilines is 1. The van der Waals surface area contributed by atoms with E-state index in [1.54, 1.807) is 24.3 Å². The third-order valence-corrected chi connectivity index (χ3v) is 6.28. The summed E-state index contributed by atoms with van der Waals surface area (Å²) in [7, 11) is -3.43. The molecule has 0 radical (unpaired) electrons. The summed E-state index contributed by atoms with van der Waals surface area (Å²) >= 11 is 0. The zero-order valence-electron chi connectivity index (χ0n) is 13.6. The zero-order chi connectivity index (χ0) is 17.2. The number of carbonyl (C=O) groups is 1. The molecule has 0 atom stereocenters. The number of aryl methyl sites for hydroxylation is 1. The van der Waals surface area contributed by atoms with Gasteiger partial charge in [0.1, 0.15) is 6.29 Å². The fourth-order valence-corrected chi connectivity index (χ4v) is 4.36. The SMILES string of the molecule is Cc1cc(N2CCN(S(=O)(=O)c3ccccc3)CC2)ccc1C=O. The second-order valence-electron chi connectivity index (χ2n) is 5.86. The first kappa shape index (κ1) is 16.7. The van der Waals surface area contributed by atoms with Gasteiger partial charge < -0.3 is 4.90 Å². The molecule has 2 aromatic carbocycles. The highest BCUT2D eigenvalue weighted by Gasteiger charge is 2.28. The first-order valence-corrected chi connectivity index (χ1v) is 9.32. The highest BCUT2D eigenvalue weighted by Crippen LogP contribution is 2.22. The highest BCUT2D eigenvalue weighted by molar-refractivity contribution is 7.89. The summed E-state index contributed by atoms with van der Waals surface area (Å²) in [4.78, 5) is 13.4. The van der Waals surface area contributed by atoms with Crippen molar-refractivity contribution < 1.29 is 13.2 Å². The molecule has 1 aliphatic rings. The first-order valence-electron chi connectivity index (χ1n) is 7.88. The summed E-state index contributed by atoms with van der Waals surface area (Å²) in [5, 5.41) is 0. The van der Waals surface area contributed by atoms with Crippen LogP contribution < -0.4 is 4.90 Å². The fourth-order valence-electron chi connectivity index (χ4n) is 2.92. The molecule has 0 amide bonds. The topological polar surface area (TPSA) is 57.7 Å². The van der Waals surface area contributed by atoms with Crippen molar-refractivity contribution in [2.24, 2.45) is 0 Å². The standard InChI is InChI=1S/C18H20N2O3S/c1-15-13-17(8-7-16(15)14-21)19-9-11-20(12-10-19)24(22,23)18-5-3-2-4-6-18/h2-8,13-14H,9-12H2,1H3. The first-order chi connectivity index (χ1) is 11.5. The van der Waals surface area contributed by atoms with Gasteiger partial charge >= 0.3 is 0 Å². The minimum Gasteiger partial charge on any atom is -0.369 e.